The summed E-state index contributed by atoms with van der Waals surface area (Å²) >= 11 is 0. The number of rotatable bonds is 8. The molecule has 0 heterocycles. The van der Waals surface area contributed by atoms with Crippen molar-refractivity contribution >= 4 is 0 Å². The van der Waals surface area contributed by atoms with E-state index in [2.05, 4.69) is 39.9 Å². The van der Waals surface area contributed by atoms with Gasteiger partial charge in [0.2, 0.25) is 0 Å². The van der Waals surface area contributed by atoms with Gasteiger partial charge in [0.15, 0.2) is 0 Å². The van der Waals surface area contributed by atoms with Crippen molar-refractivity contribution in [3.8, 4) is 0 Å². The predicted octanol–water partition coefficient (Wildman–Crippen LogP) is 4.10. The van der Waals surface area contributed by atoms with Gasteiger partial charge in [-0.2, -0.15) is 0 Å². The molecule has 2 heteroatoms. The van der Waals surface area contributed by atoms with Gasteiger partial charge in [0.25, 0.3) is 0 Å². The lowest BCUT2D eigenvalue weighted by Gasteiger charge is -2.36. The van der Waals surface area contributed by atoms with Crippen LogP contribution in [0.4, 0.5) is 0 Å². The van der Waals surface area contributed by atoms with Crippen molar-refractivity contribution in [1.82, 2.24) is 5.32 Å². The Morgan fingerprint density at radius 3 is 2.42 bits per heavy atom. The van der Waals surface area contributed by atoms with Crippen LogP contribution in [-0.2, 0) is 4.74 Å². The second kappa shape index (κ2) is 8.97. The third-order valence-corrected chi connectivity index (χ3v) is 4.43. The van der Waals surface area contributed by atoms with Gasteiger partial charge in [-0.1, -0.05) is 33.6 Å². The molecule has 1 aliphatic rings. The molecule has 1 rings (SSSR count). The molecule has 0 aromatic carbocycles. The molecule has 3 atom stereocenters. The van der Waals surface area contributed by atoms with Crippen LogP contribution < -0.4 is 5.32 Å². The maximum absolute atomic E-state index is 5.90. The minimum atomic E-state index is 0.367. The molecule has 0 bridgehead atoms. The topological polar surface area (TPSA) is 21.3 Å². The van der Waals surface area contributed by atoms with Crippen LogP contribution in [0.5, 0.6) is 0 Å². The number of hydrogen-bond donors (Lipinski definition) is 1. The first-order valence-corrected chi connectivity index (χ1v) is 8.35. The Balaban J connectivity index is 2.40. The van der Waals surface area contributed by atoms with Crippen LogP contribution in [0.25, 0.3) is 0 Å². The van der Waals surface area contributed by atoms with Gasteiger partial charge in [-0.05, 0) is 63.5 Å². The van der Waals surface area contributed by atoms with E-state index >= 15 is 0 Å². The zero-order valence-corrected chi connectivity index (χ0v) is 13.7. The van der Waals surface area contributed by atoms with E-state index in [0.29, 0.717) is 6.10 Å². The summed E-state index contributed by atoms with van der Waals surface area (Å²) in [4.78, 5) is 0. The maximum Gasteiger partial charge on any atom is 0.0519 e. The first-order chi connectivity index (χ1) is 9.02. The van der Waals surface area contributed by atoms with E-state index < -0.39 is 0 Å². The highest BCUT2D eigenvalue weighted by atomic mass is 16.5. The number of hydrogen-bond acceptors (Lipinski definition) is 2. The fraction of sp³-hybridized carbons (Fsp3) is 1.00. The number of ether oxygens (including phenoxy) is 1. The molecule has 2 nitrogen and oxygen atoms in total. The molecule has 0 aliphatic heterocycles. The van der Waals surface area contributed by atoms with Crippen LogP contribution in [0.15, 0.2) is 0 Å². The Kier molecular flexibility index (Phi) is 8.01. The third kappa shape index (κ3) is 6.76. The zero-order valence-electron chi connectivity index (χ0n) is 13.7. The van der Waals surface area contributed by atoms with Crippen molar-refractivity contribution in [2.75, 3.05) is 19.7 Å². The summed E-state index contributed by atoms with van der Waals surface area (Å²) < 4.78 is 5.90. The lowest BCUT2D eigenvalue weighted by atomic mass is 9.73. The molecule has 0 aromatic rings. The van der Waals surface area contributed by atoms with Gasteiger partial charge in [-0.15, -0.1) is 0 Å². The molecule has 0 radical (unpaired) electrons. The lowest BCUT2D eigenvalue weighted by Crippen LogP contribution is -2.36. The molecule has 1 fully saturated rings. The molecule has 3 unspecified atom stereocenters. The van der Waals surface area contributed by atoms with Crippen LogP contribution in [-0.4, -0.2) is 25.8 Å². The van der Waals surface area contributed by atoms with Gasteiger partial charge < -0.3 is 10.1 Å². The lowest BCUT2D eigenvalue weighted by molar-refractivity contribution is 0.0121. The third-order valence-electron chi connectivity index (χ3n) is 4.43. The van der Waals surface area contributed by atoms with Crippen LogP contribution in [0.1, 0.15) is 60.3 Å². The van der Waals surface area contributed by atoms with Gasteiger partial charge in [-0.3, -0.25) is 0 Å². The molecule has 0 spiro atoms. The largest absolute Gasteiger partial charge is 0.378 e. The summed E-state index contributed by atoms with van der Waals surface area (Å²) in [6, 6.07) is 0. The monoisotopic (exact) mass is 269 g/mol. The van der Waals surface area contributed by atoms with Gasteiger partial charge in [0.1, 0.15) is 0 Å². The fourth-order valence-corrected chi connectivity index (χ4v) is 3.14. The first kappa shape index (κ1) is 17.0. The van der Waals surface area contributed by atoms with Crippen molar-refractivity contribution < 1.29 is 4.74 Å². The summed E-state index contributed by atoms with van der Waals surface area (Å²) in [6.45, 7) is 14.5. The SMILES string of the molecule is CCC1CCC(CNCC(C)C)C(COC(C)C)C1. The van der Waals surface area contributed by atoms with E-state index in [-0.39, 0.29) is 0 Å². The standard InChI is InChI=1S/C17H35NO/c1-6-15-7-8-16(11-18-10-13(2)3)17(9-15)12-19-14(4)5/h13-18H,6-12H2,1-5H3. The summed E-state index contributed by atoms with van der Waals surface area (Å²) in [5.41, 5.74) is 0. The fourth-order valence-electron chi connectivity index (χ4n) is 3.14. The molecule has 114 valence electrons. The molecule has 0 aromatic heterocycles. The molecular weight excluding hydrogens is 234 g/mol. The molecule has 1 saturated carbocycles. The Labute approximate surface area is 120 Å². The molecular formula is C17H35NO. The summed E-state index contributed by atoms with van der Waals surface area (Å²) in [7, 11) is 0. The Morgan fingerprint density at radius 1 is 1.11 bits per heavy atom. The van der Waals surface area contributed by atoms with Crippen LogP contribution in [0.2, 0.25) is 0 Å². The average molecular weight is 269 g/mol. The van der Waals surface area contributed by atoms with Crippen molar-refractivity contribution in [3.05, 3.63) is 0 Å². The second-order valence-electron chi connectivity index (χ2n) is 7.04. The highest BCUT2D eigenvalue weighted by Crippen LogP contribution is 2.35. The Morgan fingerprint density at radius 2 is 1.84 bits per heavy atom. The highest BCUT2D eigenvalue weighted by Gasteiger charge is 2.29. The van der Waals surface area contributed by atoms with Crippen molar-refractivity contribution in [2.45, 2.75) is 66.4 Å². The molecule has 0 amide bonds. The van der Waals surface area contributed by atoms with Crippen molar-refractivity contribution in [3.63, 3.8) is 0 Å². The van der Waals surface area contributed by atoms with E-state index in [1.807, 2.05) is 0 Å². The smallest absolute Gasteiger partial charge is 0.0519 e. The average Bonchev–Trinajstić information content (AvgIpc) is 2.36. The van der Waals surface area contributed by atoms with Gasteiger partial charge >= 0.3 is 0 Å². The second-order valence-corrected chi connectivity index (χ2v) is 7.04. The van der Waals surface area contributed by atoms with E-state index in [1.165, 1.54) is 32.2 Å². The summed E-state index contributed by atoms with van der Waals surface area (Å²) in [5, 5.41) is 3.65. The van der Waals surface area contributed by atoms with Crippen molar-refractivity contribution in [1.29, 1.82) is 0 Å². The Bertz CT molecular complexity index is 227. The number of nitrogens with one attached hydrogen (secondary N) is 1. The van der Waals surface area contributed by atoms with E-state index in [9.17, 15) is 0 Å². The van der Waals surface area contributed by atoms with E-state index in [4.69, 9.17) is 4.74 Å². The Hall–Kier alpha value is -0.0800. The molecule has 19 heavy (non-hydrogen) atoms. The van der Waals surface area contributed by atoms with Crippen LogP contribution >= 0.6 is 0 Å². The van der Waals surface area contributed by atoms with Gasteiger partial charge in [-0.25, -0.2) is 0 Å². The normalized spacial score (nSPS) is 28.3. The van der Waals surface area contributed by atoms with Crippen LogP contribution in [0, 0.1) is 23.7 Å². The summed E-state index contributed by atoms with van der Waals surface area (Å²) in [6.07, 6.45) is 5.88. The maximum atomic E-state index is 5.90. The van der Waals surface area contributed by atoms with E-state index in [1.54, 1.807) is 0 Å². The van der Waals surface area contributed by atoms with Gasteiger partial charge in [0, 0.05) is 0 Å². The van der Waals surface area contributed by atoms with Gasteiger partial charge in [0.05, 0.1) is 12.7 Å². The molecule has 0 saturated heterocycles. The van der Waals surface area contributed by atoms with Crippen molar-refractivity contribution in [2.24, 2.45) is 23.7 Å². The van der Waals surface area contributed by atoms with Crippen LogP contribution in [0.3, 0.4) is 0 Å². The minimum absolute atomic E-state index is 0.367. The predicted molar refractivity (Wildman–Crippen MR) is 83.4 cm³/mol. The molecule has 1 aliphatic carbocycles. The highest BCUT2D eigenvalue weighted by molar-refractivity contribution is 4.81. The minimum Gasteiger partial charge on any atom is -0.378 e. The van der Waals surface area contributed by atoms with E-state index in [0.717, 1.165) is 36.8 Å². The first-order valence-electron chi connectivity index (χ1n) is 8.35. The quantitative estimate of drug-likeness (QED) is 0.716. The summed E-state index contributed by atoms with van der Waals surface area (Å²) in [5.74, 6) is 3.26. The molecule has 1 N–H and O–H groups in total. The zero-order chi connectivity index (χ0) is 14.3.